The number of rotatable bonds is 10. The molecule has 0 aromatic heterocycles. The fourth-order valence-electron chi connectivity index (χ4n) is 10.6. The van der Waals surface area contributed by atoms with Crippen LogP contribution in [0.1, 0.15) is 79.8 Å². The van der Waals surface area contributed by atoms with Gasteiger partial charge in [0.2, 0.25) is 0 Å². The normalized spacial score (nSPS) is 40.0. The minimum absolute atomic E-state index is 0.0107. The number of benzene rings is 1. The lowest BCUT2D eigenvalue weighted by Gasteiger charge is -2.67. The van der Waals surface area contributed by atoms with Gasteiger partial charge in [-0.1, -0.05) is 51.1 Å². The topological polar surface area (TPSA) is 298 Å². The van der Waals surface area contributed by atoms with Gasteiger partial charge in [-0.2, -0.15) is 0 Å². The van der Waals surface area contributed by atoms with E-state index in [1.54, 1.807) is 71.9 Å². The molecule has 2 saturated carbocycles. The lowest BCUT2D eigenvalue weighted by Crippen LogP contribution is -2.79. The Labute approximate surface area is 358 Å². The van der Waals surface area contributed by atoms with E-state index in [1.807, 2.05) is 0 Å². The predicted molar refractivity (Wildman–Crippen MR) is 211 cm³/mol. The lowest BCUT2D eigenvalue weighted by molar-refractivity contribution is -0.337. The zero-order chi connectivity index (χ0) is 46.1. The summed E-state index contributed by atoms with van der Waals surface area (Å²) in [5.74, 6) is -5.49. The molecule has 62 heavy (non-hydrogen) atoms. The van der Waals surface area contributed by atoms with Gasteiger partial charge in [0.15, 0.2) is 18.2 Å². The maximum atomic E-state index is 15.0. The van der Waals surface area contributed by atoms with Crippen molar-refractivity contribution in [1.29, 1.82) is 0 Å². The number of amides is 1. The number of Topliss-reactive ketones (excluding diaryl/α,β-unsaturated/α-hetero) is 1. The van der Waals surface area contributed by atoms with Crippen LogP contribution in [0.4, 0.5) is 4.79 Å². The van der Waals surface area contributed by atoms with E-state index < -0.39 is 144 Å². The molecule has 4 fully saturated rings. The molecule has 2 aliphatic heterocycles. The second-order valence-corrected chi connectivity index (χ2v) is 19.1. The van der Waals surface area contributed by atoms with Crippen LogP contribution in [0.3, 0.4) is 0 Å². The first-order valence-electron chi connectivity index (χ1n) is 20.8. The second kappa shape index (κ2) is 17.1. The first-order chi connectivity index (χ1) is 28.7. The molecule has 1 aromatic carbocycles. The SMILES string of the molecule is CC1=C2C(O)C(=O)[C@]3(C)C(OC(=O)COC4OC(CO)C(O)C(O)C4O)CC4OC[C@@]4(O)C3C(C)C(O)(CC1OC(=O)C(O)C(NC(=O)OC(C)(C)C)c1ccccc1)C2(C)C. The number of ether oxygens (including phenoxy) is 6. The molecule has 0 spiro atoms. The molecule has 19 heteroatoms. The molecule has 2 bridgehead atoms. The third kappa shape index (κ3) is 8.08. The Hall–Kier alpha value is -3.60. The number of hydrogen-bond donors (Lipinski definition) is 9. The average molecular weight is 880 g/mol. The fraction of sp³-hybridized carbons (Fsp3) is 0.721. The summed E-state index contributed by atoms with van der Waals surface area (Å²) < 4.78 is 33.7. The summed E-state index contributed by atoms with van der Waals surface area (Å²) in [4.78, 5) is 55.4. The fourth-order valence-corrected chi connectivity index (χ4v) is 10.6. The highest BCUT2D eigenvalue weighted by molar-refractivity contribution is 5.93. The number of fused-ring (bicyclic) bond motifs is 5. The quantitative estimate of drug-likeness (QED) is 0.0811. The maximum absolute atomic E-state index is 15.0. The van der Waals surface area contributed by atoms with E-state index in [2.05, 4.69) is 5.32 Å². The Morgan fingerprint density at radius 1 is 0.984 bits per heavy atom. The number of esters is 2. The monoisotopic (exact) mass is 879 g/mol. The third-order valence-electron chi connectivity index (χ3n) is 14.0. The summed E-state index contributed by atoms with van der Waals surface area (Å²) in [5.41, 5.74) is -7.43. The Kier molecular flexibility index (Phi) is 13.2. The molecule has 1 amide bonds. The number of aliphatic hydroxyl groups excluding tert-OH is 6. The van der Waals surface area contributed by atoms with Crippen molar-refractivity contribution in [3.63, 3.8) is 0 Å². The van der Waals surface area contributed by atoms with E-state index in [4.69, 9.17) is 28.4 Å². The summed E-state index contributed by atoms with van der Waals surface area (Å²) in [6.45, 7) is 10.9. The van der Waals surface area contributed by atoms with Crippen molar-refractivity contribution in [2.24, 2.45) is 22.7 Å². The Balaban J connectivity index is 1.31. The van der Waals surface area contributed by atoms with Gasteiger partial charge in [0, 0.05) is 24.2 Å². The first-order valence-corrected chi connectivity index (χ1v) is 20.8. The van der Waals surface area contributed by atoms with Crippen molar-refractivity contribution in [3.8, 4) is 0 Å². The number of alkyl carbamates (subject to hydrolysis) is 1. The van der Waals surface area contributed by atoms with Gasteiger partial charge in [0.25, 0.3) is 0 Å². The summed E-state index contributed by atoms with van der Waals surface area (Å²) in [6.07, 6.45) is -17.5. The van der Waals surface area contributed by atoms with Crippen LogP contribution >= 0.6 is 0 Å². The van der Waals surface area contributed by atoms with Crippen LogP contribution in [-0.2, 0) is 42.8 Å². The summed E-state index contributed by atoms with van der Waals surface area (Å²) in [5, 5.41) is 91.9. The molecule has 16 atom stereocenters. The van der Waals surface area contributed by atoms with Crippen LogP contribution in [0.25, 0.3) is 0 Å². The zero-order valence-corrected chi connectivity index (χ0v) is 36.1. The number of aliphatic hydroxyl groups is 8. The van der Waals surface area contributed by atoms with Crippen molar-refractivity contribution in [2.75, 3.05) is 19.8 Å². The van der Waals surface area contributed by atoms with E-state index in [0.29, 0.717) is 5.56 Å². The molecule has 3 aliphatic carbocycles. The molecule has 5 aliphatic rings. The number of ketones is 1. The van der Waals surface area contributed by atoms with Crippen LogP contribution in [0.15, 0.2) is 41.5 Å². The van der Waals surface area contributed by atoms with Gasteiger partial charge in [-0.3, -0.25) is 4.79 Å². The molecule has 1 aromatic rings. The Bertz CT molecular complexity index is 1900. The molecule has 19 nitrogen and oxygen atoms in total. The van der Waals surface area contributed by atoms with Gasteiger partial charge in [0.1, 0.15) is 60.5 Å². The highest BCUT2D eigenvalue weighted by Gasteiger charge is 2.75. The molecule has 2 heterocycles. The van der Waals surface area contributed by atoms with Crippen molar-refractivity contribution >= 4 is 23.8 Å². The number of nitrogens with one attached hydrogen (secondary N) is 1. The van der Waals surface area contributed by atoms with E-state index in [1.165, 1.54) is 13.8 Å². The number of carbonyl (C=O) groups is 4. The van der Waals surface area contributed by atoms with Crippen molar-refractivity contribution < 1.29 is 88.5 Å². The molecule has 14 unspecified atom stereocenters. The average Bonchev–Trinajstić information content (AvgIpc) is 3.19. The van der Waals surface area contributed by atoms with Gasteiger partial charge in [0.05, 0.1) is 36.4 Å². The molecule has 6 rings (SSSR count). The summed E-state index contributed by atoms with van der Waals surface area (Å²) in [6, 6.07) is 6.82. The van der Waals surface area contributed by atoms with Crippen molar-refractivity contribution in [2.45, 2.75) is 152 Å². The van der Waals surface area contributed by atoms with Gasteiger partial charge in [-0.15, -0.1) is 0 Å². The second-order valence-electron chi connectivity index (χ2n) is 19.1. The lowest BCUT2D eigenvalue weighted by atomic mass is 9.42. The van der Waals surface area contributed by atoms with Crippen LogP contribution in [0.2, 0.25) is 0 Å². The van der Waals surface area contributed by atoms with Crippen molar-refractivity contribution in [3.05, 3.63) is 47.0 Å². The molecule has 346 valence electrons. The molecular weight excluding hydrogens is 818 g/mol. The minimum atomic E-state index is -2.01. The molecule has 2 saturated heterocycles. The third-order valence-corrected chi connectivity index (χ3v) is 14.0. The molecule has 0 radical (unpaired) electrons. The smallest absolute Gasteiger partial charge is 0.408 e. The maximum Gasteiger partial charge on any atom is 0.408 e. The Morgan fingerprint density at radius 3 is 2.21 bits per heavy atom. The summed E-state index contributed by atoms with van der Waals surface area (Å²) in [7, 11) is 0. The van der Waals surface area contributed by atoms with Gasteiger partial charge in [-0.25, -0.2) is 14.4 Å². The van der Waals surface area contributed by atoms with Crippen LogP contribution < -0.4 is 5.32 Å². The number of hydrogen-bond acceptors (Lipinski definition) is 18. The van der Waals surface area contributed by atoms with E-state index in [0.717, 1.165) is 0 Å². The summed E-state index contributed by atoms with van der Waals surface area (Å²) >= 11 is 0. The van der Waals surface area contributed by atoms with Crippen LogP contribution in [0, 0.1) is 22.7 Å². The van der Waals surface area contributed by atoms with Gasteiger partial charge in [-0.05, 0) is 57.2 Å². The largest absolute Gasteiger partial charge is 0.459 e. The first kappa shape index (κ1) is 47.9. The standard InChI is InChI=1S/C43H61NO18/c1-19-22(59-36(53)31(49)28(21-12-10-9-11-13-21)44-38(54)62-39(3,4)5)15-43(56)20(2)34-41(8,35(52)30(48)27(19)40(43,6)7)24(14-25-42(34,55)18-58-25)61-26(46)17-57-37-33(51)32(50)29(47)23(16-45)60-37/h9-13,20,22-25,28-34,37,45,47-51,55-56H,14-18H2,1-8H3,(H,44,54)/t20?,22?,23?,24?,25?,28?,29?,30?,31?,32?,33?,34?,37?,41-,42+,43?/m1/s1. The number of carbonyl (C=O) groups excluding carboxylic acids is 4. The van der Waals surface area contributed by atoms with Crippen LogP contribution in [-0.4, -0.2) is 163 Å². The Morgan fingerprint density at radius 2 is 1.63 bits per heavy atom. The van der Waals surface area contributed by atoms with E-state index >= 15 is 4.79 Å². The van der Waals surface area contributed by atoms with E-state index in [-0.39, 0.29) is 30.6 Å². The van der Waals surface area contributed by atoms with Crippen molar-refractivity contribution in [1.82, 2.24) is 5.32 Å². The molecular formula is C43H61NO18. The minimum Gasteiger partial charge on any atom is -0.459 e. The molecule has 9 N–H and O–H groups in total. The zero-order valence-electron chi connectivity index (χ0n) is 36.1. The van der Waals surface area contributed by atoms with E-state index in [9.17, 15) is 55.2 Å². The highest BCUT2D eigenvalue weighted by Crippen LogP contribution is 2.65. The van der Waals surface area contributed by atoms with Gasteiger partial charge >= 0.3 is 18.0 Å². The van der Waals surface area contributed by atoms with Crippen LogP contribution in [0.5, 0.6) is 0 Å². The highest BCUT2D eigenvalue weighted by atomic mass is 16.7. The van der Waals surface area contributed by atoms with Gasteiger partial charge < -0.3 is 74.6 Å². The predicted octanol–water partition coefficient (Wildman–Crippen LogP) is -0.533.